The molecule has 1 fully saturated rings. The van der Waals surface area contributed by atoms with Gasteiger partial charge in [0.2, 0.25) is 5.91 Å². The summed E-state index contributed by atoms with van der Waals surface area (Å²) in [7, 11) is 0. The standard InChI is InChI=1S/C18H16FN3O2/c19-12-4-3-5-13(10-12)20-17(24)22-9-8-18(11-22)14-6-1-2-7-15(14)21-16(18)23/h1-7,10H,8-9,11H2,(H,20,24)(H,21,23). The topological polar surface area (TPSA) is 61.4 Å². The number of fused-ring (bicyclic) bond motifs is 2. The second-order valence-corrected chi connectivity index (χ2v) is 6.19. The summed E-state index contributed by atoms with van der Waals surface area (Å²) in [6, 6.07) is 13.0. The maximum atomic E-state index is 13.2. The van der Waals surface area contributed by atoms with Crippen molar-refractivity contribution < 1.29 is 14.0 Å². The molecule has 2 aromatic carbocycles. The molecule has 2 aromatic rings. The van der Waals surface area contributed by atoms with E-state index in [0.29, 0.717) is 25.2 Å². The Bertz CT molecular complexity index is 839. The van der Waals surface area contributed by atoms with Crippen LogP contribution in [-0.4, -0.2) is 29.9 Å². The van der Waals surface area contributed by atoms with Gasteiger partial charge in [-0.05, 0) is 36.2 Å². The van der Waals surface area contributed by atoms with E-state index >= 15 is 0 Å². The van der Waals surface area contributed by atoms with Crippen LogP contribution in [0.2, 0.25) is 0 Å². The number of benzene rings is 2. The zero-order valence-electron chi connectivity index (χ0n) is 12.9. The molecule has 1 unspecified atom stereocenters. The summed E-state index contributed by atoms with van der Waals surface area (Å²) in [5.41, 5.74) is 1.47. The van der Waals surface area contributed by atoms with Crippen LogP contribution in [0.1, 0.15) is 12.0 Å². The van der Waals surface area contributed by atoms with Crippen molar-refractivity contribution in [2.45, 2.75) is 11.8 Å². The van der Waals surface area contributed by atoms with Gasteiger partial charge in [0.25, 0.3) is 0 Å². The molecule has 6 heteroatoms. The SMILES string of the molecule is O=C(Nc1cccc(F)c1)N1CCC2(C1)C(=O)Nc1ccccc12. The van der Waals surface area contributed by atoms with Gasteiger partial charge in [-0.2, -0.15) is 0 Å². The van der Waals surface area contributed by atoms with Gasteiger partial charge in [-0.25, -0.2) is 9.18 Å². The second-order valence-electron chi connectivity index (χ2n) is 6.19. The Hall–Kier alpha value is -2.89. The van der Waals surface area contributed by atoms with E-state index < -0.39 is 11.2 Å². The number of nitrogens with zero attached hydrogens (tertiary/aromatic N) is 1. The molecule has 2 aliphatic rings. The molecule has 0 aromatic heterocycles. The first kappa shape index (κ1) is 14.7. The number of hydrogen-bond donors (Lipinski definition) is 2. The predicted molar refractivity (Wildman–Crippen MR) is 88.4 cm³/mol. The molecule has 5 nitrogen and oxygen atoms in total. The summed E-state index contributed by atoms with van der Waals surface area (Å²) in [5.74, 6) is -0.473. The molecule has 2 heterocycles. The Morgan fingerprint density at radius 3 is 2.88 bits per heavy atom. The average molecular weight is 325 g/mol. The number of amides is 3. The fraction of sp³-hybridized carbons (Fsp3) is 0.222. The number of para-hydroxylation sites is 1. The zero-order chi connectivity index (χ0) is 16.7. The lowest BCUT2D eigenvalue weighted by Gasteiger charge is -2.22. The number of hydrogen-bond acceptors (Lipinski definition) is 2. The summed E-state index contributed by atoms with van der Waals surface area (Å²) in [6.07, 6.45) is 0.576. The van der Waals surface area contributed by atoms with Crippen molar-refractivity contribution in [3.63, 3.8) is 0 Å². The van der Waals surface area contributed by atoms with Gasteiger partial charge in [-0.3, -0.25) is 4.79 Å². The highest BCUT2D eigenvalue weighted by molar-refractivity contribution is 6.07. The molecule has 0 bridgehead atoms. The van der Waals surface area contributed by atoms with Gasteiger partial charge in [0.15, 0.2) is 0 Å². The molecule has 1 saturated heterocycles. The van der Waals surface area contributed by atoms with E-state index in [-0.39, 0.29) is 11.9 Å². The fourth-order valence-corrected chi connectivity index (χ4v) is 3.53. The van der Waals surface area contributed by atoms with Gasteiger partial charge in [-0.1, -0.05) is 24.3 Å². The van der Waals surface area contributed by atoms with Gasteiger partial charge in [0, 0.05) is 24.5 Å². The third-order valence-electron chi connectivity index (χ3n) is 4.76. The van der Waals surface area contributed by atoms with Gasteiger partial charge < -0.3 is 15.5 Å². The first-order valence-electron chi connectivity index (χ1n) is 7.81. The predicted octanol–water partition coefficient (Wildman–Crippen LogP) is 2.95. The second kappa shape index (κ2) is 5.33. The first-order valence-corrected chi connectivity index (χ1v) is 7.81. The summed E-state index contributed by atoms with van der Waals surface area (Å²) in [4.78, 5) is 26.6. The number of urea groups is 1. The van der Waals surface area contributed by atoms with Crippen LogP contribution in [0.4, 0.5) is 20.6 Å². The number of likely N-dealkylation sites (tertiary alicyclic amines) is 1. The molecule has 0 aliphatic carbocycles. The summed E-state index contributed by atoms with van der Waals surface area (Å²) < 4.78 is 13.2. The van der Waals surface area contributed by atoms with Crippen molar-refractivity contribution in [1.29, 1.82) is 0 Å². The number of rotatable bonds is 1. The van der Waals surface area contributed by atoms with Crippen molar-refractivity contribution in [3.8, 4) is 0 Å². The Labute approximate surface area is 138 Å². The van der Waals surface area contributed by atoms with E-state index in [2.05, 4.69) is 10.6 Å². The lowest BCUT2D eigenvalue weighted by atomic mass is 9.81. The minimum atomic E-state index is -0.685. The van der Waals surface area contributed by atoms with Crippen molar-refractivity contribution in [3.05, 3.63) is 59.9 Å². The van der Waals surface area contributed by atoms with Crippen molar-refractivity contribution >= 4 is 23.3 Å². The quantitative estimate of drug-likeness (QED) is 0.847. The summed E-state index contributed by atoms with van der Waals surface area (Å²) >= 11 is 0. The van der Waals surface area contributed by atoms with Crippen molar-refractivity contribution in [1.82, 2.24) is 4.90 Å². The van der Waals surface area contributed by atoms with Crippen LogP contribution in [0.3, 0.4) is 0 Å². The average Bonchev–Trinajstić information content (AvgIpc) is 3.12. The largest absolute Gasteiger partial charge is 0.325 e. The molecule has 1 atom stereocenters. The van der Waals surface area contributed by atoms with Gasteiger partial charge in [-0.15, -0.1) is 0 Å². The number of carbonyl (C=O) groups excluding carboxylic acids is 2. The molecule has 24 heavy (non-hydrogen) atoms. The van der Waals surface area contributed by atoms with Crippen LogP contribution >= 0.6 is 0 Å². The number of carbonyl (C=O) groups is 2. The lowest BCUT2D eigenvalue weighted by molar-refractivity contribution is -0.120. The minimum absolute atomic E-state index is 0.0650. The van der Waals surface area contributed by atoms with E-state index in [1.54, 1.807) is 11.0 Å². The van der Waals surface area contributed by atoms with Gasteiger partial charge in [0.05, 0.1) is 5.41 Å². The van der Waals surface area contributed by atoms with E-state index in [9.17, 15) is 14.0 Å². The van der Waals surface area contributed by atoms with E-state index in [4.69, 9.17) is 0 Å². The highest BCUT2D eigenvalue weighted by Crippen LogP contribution is 2.44. The molecule has 0 radical (unpaired) electrons. The third-order valence-corrected chi connectivity index (χ3v) is 4.76. The summed E-state index contributed by atoms with van der Waals surface area (Å²) in [5, 5.41) is 5.59. The molecule has 4 rings (SSSR count). The maximum absolute atomic E-state index is 13.2. The highest BCUT2D eigenvalue weighted by Gasteiger charge is 2.51. The van der Waals surface area contributed by atoms with Gasteiger partial charge in [0.1, 0.15) is 5.82 Å². The maximum Gasteiger partial charge on any atom is 0.321 e. The third kappa shape index (κ3) is 2.22. The van der Waals surface area contributed by atoms with Crippen molar-refractivity contribution in [2.75, 3.05) is 23.7 Å². The molecule has 2 aliphatic heterocycles. The minimum Gasteiger partial charge on any atom is -0.325 e. The smallest absolute Gasteiger partial charge is 0.321 e. The Morgan fingerprint density at radius 1 is 1.21 bits per heavy atom. The Morgan fingerprint density at radius 2 is 2.04 bits per heavy atom. The molecular formula is C18H16FN3O2. The van der Waals surface area contributed by atoms with Crippen LogP contribution in [0, 0.1) is 5.82 Å². The normalized spacial score (nSPS) is 21.7. The number of halogens is 1. The monoisotopic (exact) mass is 325 g/mol. The van der Waals surface area contributed by atoms with Crippen LogP contribution < -0.4 is 10.6 Å². The first-order chi connectivity index (χ1) is 11.6. The molecule has 0 saturated carbocycles. The van der Waals surface area contributed by atoms with E-state index in [1.165, 1.54) is 18.2 Å². The molecule has 122 valence electrons. The Kier molecular flexibility index (Phi) is 3.26. The highest BCUT2D eigenvalue weighted by atomic mass is 19.1. The van der Waals surface area contributed by atoms with E-state index in [1.807, 2.05) is 24.3 Å². The van der Waals surface area contributed by atoms with Crippen molar-refractivity contribution in [2.24, 2.45) is 0 Å². The number of anilines is 2. The Balaban J connectivity index is 1.54. The van der Waals surface area contributed by atoms with Crippen LogP contribution in [0.25, 0.3) is 0 Å². The fourth-order valence-electron chi connectivity index (χ4n) is 3.53. The van der Waals surface area contributed by atoms with Crippen LogP contribution in [-0.2, 0) is 10.2 Å². The van der Waals surface area contributed by atoms with Crippen LogP contribution in [0.15, 0.2) is 48.5 Å². The lowest BCUT2D eigenvalue weighted by Crippen LogP contribution is -2.40. The zero-order valence-corrected chi connectivity index (χ0v) is 12.9. The van der Waals surface area contributed by atoms with Crippen LogP contribution in [0.5, 0.6) is 0 Å². The number of nitrogens with one attached hydrogen (secondary N) is 2. The van der Waals surface area contributed by atoms with Gasteiger partial charge >= 0.3 is 6.03 Å². The molecular weight excluding hydrogens is 309 g/mol. The molecule has 3 amide bonds. The molecule has 1 spiro atoms. The molecule has 2 N–H and O–H groups in total. The van der Waals surface area contributed by atoms with E-state index in [0.717, 1.165) is 11.3 Å². The summed E-state index contributed by atoms with van der Waals surface area (Å²) in [6.45, 7) is 0.792.